The Labute approximate surface area is 124 Å². The molecule has 0 aromatic heterocycles. The van der Waals surface area contributed by atoms with E-state index in [9.17, 15) is 0 Å². The zero-order chi connectivity index (χ0) is 14.8. The summed E-state index contributed by atoms with van der Waals surface area (Å²) in [5.74, 6) is 1.44. The van der Waals surface area contributed by atoms with Crippen molar-refractivity contribution in [3.05, 3.63) is 58.6 Å². The molecule has 2 aromatic rings. The van der Waals surface area contributed by atoms with Gasteiger partial charge in [-0.15, -0.1) is 0 Å². The minimum absolute atomic E-state index is 0.0406. The van der Waals surface area contributed by atoms with Crippen molar-refractivity contribution >= 4 is 11.6 Å². The van der Waals surface area contributed by atoms with Crippen molar-refractivity contribution in [3.63, 3.8) is 0 Å². The van der Waals surface area contributed by atoms with Gasteiger partial charge in [-0.2, -0.15) is 5.26 Å². The Morgan fingerprint density at radius 3 is 2.15 bits per heavy atom. The van der Waals surface area contributed by atoms with Crippen LogP contribution in [0.3, 0.4) is 0 Å². The minimum atomic E-state index is -0.0406. The Hall–Kier alpha value is -1.98. The molecule has 0 atom stereocenters. The standard InChI is InChI=1S/C17H16ClNO/c1-17(2,3)15-10-14(8-9-16(15)18)20-13-6-4-12(11-19)5-7-13/h4-10H,1-3H3. The summed E-state index contributed by atoms with van der Waals surface area (Å²) >= 11 is 6.23. The second kappa shape index (κ2) is 5.56. The molecule has 0 unspecified atom stereocenters. The van der Waals surface area contributed by atoms with Crippen LogP contribution in [0, 0.1) is 11.3 Å². The monoisotopic (exact) mass is 285 g/mol. The van der Waals surface area contributed by atoms with E-state index >= 15 is 0 Å². The fourth-order valence-electron chi connectivity index (χ4n) is 1.88. The summed E-state index contributed by atoms with van der Waals surface area (Å²) in [6.07, 6.45) is 0. The van der Waals surface area contributed by atoms with Crippen LogP contribution in [-0.2, 0) is 5.41 Å². The van der Waals surface area contributed by atoms with Crippen LogP contribution in [0.2, 0.25) is 5.02 Å². The Bertz CT molecular complexity index is 648. The Morgan fingerprint density at radius 1 is 1.00 bits per heavy atom. The van der Waals surface area contributed by atoms with Crippen LogP contribution in [-0.4, -0.2) is 0 Å². The number of rotatable bonds is 2. The molecule has 102 valence electrons. The molecule has 0 radical (unpaired) electrons. The molecular weight excluding hydrogens is 270 g/mol. The van der Waals surface area contributed by atoms with Crippen LogP contribution in [0.15, 0.2) is 42.5 Å². The van der Waals surface area contributed by atoms with Crippen LogP contribution in [0.4, 0.5) is 0 Å². The molecule has 0 N–H and O–H groups in total. The highest BCUT2D eigenvalue weighted by atomic mass is 35.5. The van der Waals surface area contributed by atoms with E-state index in [0.29, 0.717) is 11.3 Å². The first-order valence-electron chi connectivity index (χ1n) is 6.38. The SMILES string of the molecule is CC(C)(C)c1cc(Oc2ccc(C#N)cc2)ccc1Cl. The summed E-state index contributed by atoms with van der Waals surface area (Å²) in [6, 6.07) is 14.8. The predicted octanol–water partition coefficient (Wildman–Crippen LogP) is 5.30. The quantitative estimate of drug-likeness (QED) is 0.750. The average molecular weight is 286 g/mol. The molecule has 0 heterocycles. The Balaban J connectivity index is 2.28. The molecule has 0 aliphatic carbocycles. The average Bonchev–Trinajstić information content (AvgIpc) is 2.40. The molecule has 3 heteroatoms. The highest BCUT2D eigenvalue weighted by Crippen LogP contribution is 2.33. The molecule has 0 bridgehead atoms. The fourth-order valence-corrected chi connectivity index (χ4v) is 2.28. The number of hydrogen-bond donors (Lipinski definition) is 0. The number of nitriles is 1. The predicted molar refractivity (Wildman–Crippen MR) is 81.4 cm³/mol. The highest BCUT2D eigenvalue weighted by Gasteiger charge is 2.18. The lowest BCUT2D eigenvalue weighted by Crippen LogP contribution is -2.11. The van der Waals surface area contributed by atoms with Crippen molar-refractivity contribution < 1.29 is 4.74 Å². The maximum atomic E-state index is 8.77. The van der Waals surface area contributed by atoms with Gasteiger partial charge in [0.1, 0.15) is 11.5 Å². The molecule has 0 saturated heterocycles. The van der Waals surface area contributed by atoms with E-state index in [1.165, 1.54) is 0 Å². The summed E-state index contributed by atoms with van der Waals surface area (Å²) in [4.78, 5) is 0. The third kappa shape index (κ3) is 3.31. The number of halogens is 1. The van der Waals surface area contributed by atoms with Crippen molar-refractivity contribution in [2.45, 2.75) is 26.2 Å². The van der Waals surface area contributed by atoms with Crippen molar-refractivity contribution in [2.24, 2.45) is 0 Å². The van der Waals surface area contributed by atoms with Gasteiger partial charge in [-0.3, -0.25) is 0 Å². The number of nitrogens with zero attached hydrogens (tertiary/aromatic N) is 1. The largest absolute Gasteiger partial charge is 0.457 e. The number of hydrogen-bond acceptors (Lipinski definition) is 2. The molecule has 0 spiro atoms. The van der Waals surface area contributed by atoms with Gasteiger partial charge in [-0.05, 0) is 53.4 Å². The van der Waals surface area contributed by atoms with Gasteiger partial charge in [0.2, 0.25) is 0 Å². The molecule has 0 amide bonds. The first-order valence-corrected chi connectivity index (χ1v) is 6.76. The van der Waals surface area contributed by atoms with E-state index in [1.54, 1.807) is 24.3 Å². The van der Waals surface area contributed by atoms with Crippen molar-refractivity contribution in [1.29, 1.82) is 5.26 Å². The number of ether oxygens (including phenoxy) is 1. The smallest absolute Gasteiger partial charge is 0.127 e. The molecule has 2 aromatic carbocycles. The molecule has 20 heavy (non-hydrogen) atoms. The molecule has 0 saturated carbocycles. The zero-order valence-corrected chi connectivity index (χ0v) is 12.5. The zero-order valence-electron chi connectivity index (χ0n) is 11.8. The van der Waals surface area contributed by atoms with Crippen LogP contribution in [0.1, 0.15) is 31.9 Å². The minimum Gasteiger partial charge on any atom is -0.457 e. The van der Waals surface area contributed by atoms with Gasteiger partial charge < -0.3 is 4.74 Å². The van der Waals surface area contributed by atoms with E-state index in [1.807, 2.05) is 18.2 Å². The maximum absolute atomic E-state index is 8.77. The second-order valence-corrected chi connectivity index (χ2v) is 6.04. The molecular formula is C17H16ClNO. The first-order chi connectivity index (χ1) is 9.40. The third-order valence-corrected chi connectivity index (χ3v) is 3.29. The lowest BCUT2D eigenvalue weighted by molar-refractivity contribution is 0.478. The summed E-state index contributed by atoms with van der Waals surface area (Å²) in [5, 5.41) is 9.51. The summed E-state index contributed by atoms with van der Waals surface area (Å²) in [7, 11) is 0. The van der Waals surface area contributed by atoms with Crippen molar-refractivity contribution in [3.8, 4) is 17.6 Å². The molecule has 2 nitrogen and oxygen atoms in total. The van der Waals surface area contributed by atoms with Gasteiger partial charge in [0.05, 0.1) is 11.6 Å². The van der Waals surface area contributed by atoms with Crippen LogP contribution in [0.25, 0.3) is 0 Å². The van der Waals surface area contributed by atoms with Gasteiger partial charge in [-0.1, -0.05) is 32.4 Å². The Kier molecular flexibility index (Phi) is 4.01. The molecule has 0 aliphatic heterocycles. The van der Waals surface area contributed by atoms with E-state index in [2.05, 4.69) is 26.8 Å². The van der Waals surface area contributed by atoms with Gasteiger partial charge in [0.15, 0.2) is 0 Å². The van der Waals surface area contributed by atoms with Gasteiger partial charge >= 0.3 is 0 Å². The number of benzene rings is 2. The lowest BCUT2D eigenvalue weighted by Gasteiger charge is -2.21. The van der Waals surface area contributed by atoms with E-state index in [4.69, 9.17) is 21.6 Å². The van der Waals surface area contributed by atoms with E-state index in [-0.39, 0.29) is 5.41 Å². The maximum Gasteiger partial charge on any atom is 0.127 e. The van der Waals surface area contributed by atoms with Crippen LogP contribution in [0.5, 0.6) is 11.5 Å². The molecule has 0 aliphatic rings. The summed E-state index contributed by atoms with van der Waals surface area (Å²) < 4.78 is 5.80. The fraction of sp³-hybridized carbons (Fsp3) is 0.235. The van der Waals surface area contributed by atoms with Crippen LogP contribution < -0.4 is 4.74 Å². The first kappa shape index (κ1) is 14.4. The van der Waals surface area contributed by atoms with Crippen LogP contribution >= 0.6 is 11.6 Å². The summed E-state index contributed by atoms with van der Waals surface area (Å²) in [6.45, 7) is 6.33. The van der Waals surface area contributed by atoms with E-state index in [0.717, 1.165) is 16.3 Å². The topological polar surface area (TPSA) is 33.0 Å². The summed E-state index contributed by atoms with van der Waals surface area (Å²) in [5.41, 5.74) is 1.62. The van der Waals surface area contributed by atoms with Gasteiger partial charge in [0.25, 0.3) is 0 Å². The van der Waals surface area contributed by atoms with Crippen molar-refractivity contribution in [2.75, 3.05) is 0 Å². The third-order valence-electron chi connectivity index (χ3n) is 2.96. The lowest BCUT2D eigenvalue weighted by atomic mass is 9.87. The second-order valence-electron chi connectivity index (χ2n) is 5.63. The molecule has 0 fully saturated rings. The van der Waals surface area contributed by atoms with Crippen molar-refractivity contribution in [1.82, 2.24) is 0 Å². The highest BCUT2D eigenvalue weighted by molar-refractivity contribution is 6.31. The molecule has 2 rings (SSSR count). The normalized spacial score (nSPS) is 10.9. The van der Waals surface area contributed by atoms with Gasteiger partial charge in [0, 0.05) is 5.02 Å². The Morgan fingerprint density at radius 2 is 1.60 bits per heavy atom. The van der Waals surface area contributed by atoms with Gasteiger partial charge in [-0.25, -0.2) is 0 Å². The van der Waals surface area contributed by atoms with E-state index < -0.39 is 0 Å².